The van der Waals surface area contributed by atoms with E-state index >= 15 is 0 Å². The predicted octanol–water partition coefficient (Wildman–Crippen LogP) is 3.76. The van der Waals surface area contributed by atoms with Crippen LogP contribution in [0.2, 0.25) is 0 Å². The molecule has 1 amide bonds. The fourth-order valence-corrected chi connectivity index (χ4v) is 2.94. The zero-order chi connectivity index (χ0) is 20.2. The van der Waals surface area contributed by atoms with Gasteiger partial charge in [-0.15, -0.1) is 10.2 Å². The Morgan fingerprint density at radius 1 is 1.14 bits per heavy atom. The number of benzene rings is 2. The van der Waals surface area contributed by atoms with Gasteiger partial charge in [0.05, 0.1) is 5.69 Å². The van der Waals surface area contributed by atoms with Crippen molar-refractivity contribution in [2.24, 2.45) is 0 Å². The van der Waals surface area contributed by atoms with Gasteiger partial charge in [0.15, 0.2) is 11.8 Å². The molecule has 1 N–H and O–H groups in total. The SMILES string of the molecule is CCc1ccc(OC(C)C(=O)Nc2cccc(-c3ccc4nncn4n3)c2)cc1. The summed E-state index contributed by atoms with van der Waals surface area (Å²) in [5.41, 5.74) is 4.21. The van der Waals surface area contributed by atoms with E-state index < -0.39 is 6.10 Å². The number of aromatic nitrogens is 4. The average molecular weight is 387 g/mol. The van der Waals surface area contributed by atoms with Crippen LogP contribution in [-0.2, 0) is 11.2 Å². The molecule has 7 nitrogen and oxygen atoms in total. The molecule has 4 rings (SSSR count). The Morgan fingerprint density at radius 2 is 1.97 bits per heavy atom. The molecule has 0 aliphatic carbocycles. The lowest BCUT2D eigenvalue weighted by atomic mass is 10.1. The van der Waals surface area contributed by atoms with Crippen LogP contribution in [0.15, 0.2) is 67.0 Å². The van der Waals surface area contributed by atoms with Gasteiger partial charge in [-0.25, -0.2) is 0 Å². The number of ether oxygens (including phenoxy) is 1. The van der Waals surface area contributed by atoms with Crippen LogP contribution >= 0.6 is 0 Å². The number of hydrogen-bond acceptors (Lipinski definition) is 5. The molecule has 0 saturated heterocycles. The number of anilines is 1. The van der Waals surface area contributed by atoms with Crippen molar-refractivity contribution in [2.45, 2.75) is 26.4 Å². The van der Waals surface area contributed by atoms with Crippen molar-refractivity contribution in [3.05, 3.63) is 72.6 Å². The lowest BCUT2D eigenvalue weighted by molar-refractivity contribution is -0.122. The van der Waals surface area contributed by atoms with Crippen LogP contribution in [0.25, 0.3) is 16.9 Å². The number of hydrogen-bond donors (Lipinski definition) is 1. The molecule has 0 aliphatic rings. The van der Waals surface area contributed by atoms with Crippen LogP contribution < -0.4 is 10.1 Å². The lowest BCUT2D eigenvalue weighted by Gasteiger charge is -2.15. The van der Waals surface area contributed by atoms with Crippen LogP contribution in [0, 0.1) is 0 Å². The van der Waals surface area contributed by atoms with Crippen molar-refractivity contribution in [2.75, 3.05) is 5.32 Å². The van der Waals surface area contributed by atoms with Gasteiger partial charge in [-0.1, -0.05) is 31.2 Å². The second-order valence-electron chi connectivity index (χ2n) is 6.68. The molecule has 0 radical (unpaired) electrons. The summed E-state index contributed by atoms with van der Waals surface area (Å²) < 4.78 is 7.37. The second kappa shape index (κ2) is 8.10. The minimum Gasteiger partial charge on any atom is -0.481 e. The smallest absolute Gasteiger partial charge is 0.265 e. The van der Waals surface area contributed by atoms with E-state index in [1.807, 2.05) is 60.7 Å². The summed E-state index contributed by atoms with van der Waals surface area (Å²) in [6.07, 6.45) is 1.89. The van der Waals surface area contributed by atoms with Crippen molar-refractivity contribution in [1.82, 2.24) is 19.8 Å². The Kier molecular flexibility index (Phi) is 5.20. The maximum absolute atomic E-state index is 12.6. The van der Waals surface area contributed by atoms with Crippen molar-refractivity contribution < 1.29 is 9.53 Å². The molecule has 2 aromatic carbocycles. The van der Waals surface area contributed by atoms with Gasteiger partial charge in [0.2, 0.25) is 0 Å². The Balaban J connectivity index is 1.45. The monoisotopic (exact) mass is 387 g/mol. The summed E-state index contributed by atoms with van der Waals surface area (Å²) in [6.45, 7) is 3.83. The summed E-state index contributed by atoms with van der Waals surface area (Å²) >= 11 is 0. The van der Waals surface area contributed by atoms with Crippen LogP contribution in [0.1, 0.15) is 19.4 Å². The quantitative estimate of drug-likeness (QED) is 0.545. The number of nitrogens with zero attached hydrogens (tertiary/aromatic N) is 4. The highest BCUT2D eigenvalue weighted by Gasteiger charge is 2.15. The van der Waals surface area contributed by atoms with Gasteiger partial charge in [0.25, 0.3) is 5.91 Å². The summed E-state index contributed by atoms with van der Waals surface area (Å²) in [7, 11) is 0. The summed E-state index contributed by atoms with van der Waals surface area (Å²) in [5, 5.41) is 15.2. The third-order valence-corrected chi connectivity index (χ3v) is 4.60. The van der Waals surface area contributed by atoms with Gasteiger partial charge < -0.3 is 10.1 Å². The first kappa shape index (κ1) is 18.6. The van der Waals surface area contributed by atoms with Gasteiger partial charge >= 0.3 is 0 Å². The number of carbonyl (C=O) groups excluding carboxylic acids is 1. The number of carbonyl (C=O) groups is 1. The highest BCUT2D eigenvalue weighted by atomic mass is 16.5. The maximum Gasteiger partial charge on any atom is 0.265 e. The van der Waals surface area contributed by atoms with E-state index in [1.54, 1.807) is 17.8 Å². The third-order valence-electron chi connectivity index (χ3n) is 4.60. The molecular weight excluding hydrogens is 366 g/mol. The molecule has 1 unspecified atom stereocenters. The molecule has 2 aromatic heterocycles. The van der Waals surface area contributed by atoms with Crippen molar-refractivity contribution >= 4 is 17.2 Å². The molecule has 4 aromatic rings. The molecule has 0 saturated carbocycles. The van der Waals surface area contributed by atoms with Crippen LogP contribution in [-0.4, -0.2) is 31.8 Å². The molecule has 0 aliphatic heterocycles. The van der Waals surface area contributed by atoms with Gasteiger partial charge in [-0.05, 0) is 55.3 Å². The van der Waals surface area contributed by atoms with E-state index in [-0.39, 0.29) is 5.91 Å². The molecule has 29 heavy (non-hydrogen) atoms. The fraction of sp³-hybridized carbons (Fsp3) is 0.182. The summed E-state index contributed by atoms with van der Waals surface area (Å²) in [4.78, 5) is 12.6. The van der Waals surface area contributed by atoms with Crippen LogP contribution in [0.4, 0.5) is 5.69 Å². The highest BCUT2D eigenvalue weighted by molar-refractivity contribution is 5.94. The Bertz CT molecular complexity index is 1140. The number of fused-ring (bicyclic) bond motifs is 1. The third kappa shape index (κ3) is 4.24. The maximum atomic E-state index is 12.6. The topological polar surface area (TPSA) is 81.4 Å². The number of rotatable bonds is 6. The molecule has 1 atom stereocenters. The zero-order valence-corrected chi connectivity index (χ0v) is 16.2. The first-order valence-electron chi connectivity index (χ1n) is 9.46. The Morgan fingerprint density at radius 3 is 2.76 bits per heavy atom. The van der Waals surface area contributed by atoms with Gasteiger partial charge in [-0.3, -0.25) is 4.79 Å². The molecule has 146 valence electrons. The van der Waals surface area contributed by atoms with E-state index in [1.165, 1.54) is 5.56 Å². The number of aryl methyl sites for hydroxylation is 1. The summed E-state index contributed by atoms with van der Waals surface area (Å²) in [5.74, 6) is 0.453. The lowest BCUT2D eigenvalue weighted by Crippen LogP contribution is -2.30. The van der Waals surface area contributed by atoms with E-state index in [2.05, 4.69) is 27.5 Å². The van der Waals surface area contributed by atoms with Gasteiger partial charge in [-0.2, -0.15) is 9.61 Å². The van der Waals surface area contributed by atoms with E-state index in [4.69, 9.17) is 4.74 Å². The first-order valence-corrected chi connectivity index (χ1v) is 9.46. The van der Waals surface area contributed by atoms with Gasteiger partial charge in [0.1, 0.15) is 12.1 Å². The van der Waals surface area contributed by atoms with Crippen LogP contribution in [0.3, 0.4) is 0 Å². The van der Waals surface area contributed by atoms with E-state index in [0.29, 0.717) is 17.1 Å². The van der Waals surface area contributed by atoms with Crippen LogP contribution in [0.5, 0.6) is 5.75 Å². The minimum absolute atomic E-state index is 0.219. The predicted molar refractivity (Wildman–Crippen MR) is 111 cm³/mol. The van der Waals surface area contributed by atoms with E-state index in [0.717, 1.165) is 17.7 Å². The van der Waals surface area contributed by atoms with Crippen molar-refractivity contribution in [3.63, 3.8) is 0 Å². The zero-order valence-electron chi connectivity index (χ0n) is 16.2. The average Bonchev–Trinajstić information content (AvgIpc) is 3.22. The number of nitrogens with one attached hydrogen (secondary N) is 1. The molecule has 0 spiro atoms. The standard InChI is InChI=1S/C22H21N5O2/c1-3-16-7-9-19(10-8-16)29-15(2)22(28)24-18-6-4-5-17(13-18)20-11-12-21-25-23-14-27(21)26-20/h4-15H,3H2,1-2H3,(H,24,28). The second-order valence-corrected chi connectivity index (χ2v) is 6.68. The molecular formula is C22H21N5O2. The molecule has 0 fully saturated rings. The summed E-state index contributed by atoms with van der Waals surface area (Å²) in [6, 6.07) is 19.0. The Labute approximate surface area is 168 Å². The van der Waals surface area contributed by atoms with Gasteiger partial charge in [0, 0.05) is 11.3 Å². The highest BCUT2D eigenvalue weighted by Crippen LogP contribution is 2.21. The molecule has 7 heteroatoms. The van der Waals surface area contributed by atoms with Crippen molar-refractivity contribution in [3.8, 4) is 17.0 Å². The first-order chi connectivity index (χ1) is 14.1. The number of amides is 1. The fourth-order valence-electron chi connectivity index (χ4n) is 2.94. The molecule has 2 heterocycles. The molecule has 0 bridgehead atoms. The normalized spacial score (nSPS) is 11.9. The Hall–Kier alpha value is -3.74. The van der Waals surface area contributed by atoms with E-state index in [9.17, 15) is 4.79 Å². The largest absolute Gasteiger partial charge is 0.481 e. The minimum atomic E-state index is -0.627. The van der Waals surface area contributed by atoms with Crippen molar-refractivity contribution in [1.29, 1.82) is 0 Å².